The van der Waals surface area contributed by atoms with E-state index in [0.717, 1.165) is 0 Å². The summed E-state index contributed by atoms with van der Waals surface area (Å²) in [7, 11) is 2.17. The second-order valence-electron chi connectivity index (χ2n) is 4.45. The number of aliphatic hydroxyl groups excluding tert-OH is 1. The maximum absolute atomic E-state index is 9.24. The van der Waals surface area contributed by atoms with Crippen molar-refractivity contribution in [2.24, 2.45) is 17.8 Å². The lowest BCUT2D eigenvalue weighted by molar-refractivity contribution is -0.216. The van der Waals surface area contributed by atoms with Crippen molar-refractivity contribution in [3.63, 3.8) is 0 Å². The molecule has 0 aliphatic carbocycles. The molecule has 1 saturated heterocycles. The highest BCUT2D eigenvalue weighted by Gasteiger charge is 2.39. The maximum Gasteiger partial charge on any atom is 0.165 e. The molecule has 0 amide bonds. The first-order valence-corrected chi connectivity index (χ1v) is 8.71. The molecule has 1 aliphatic heterocycles. The maximum atomic E-state index is 9.24. The minimum atomic E-state index is -0.497. The molecular formula is C10H22O3P2. The Bertz CT molecular complexity index is 199. The summed E-state index contributed by atoms with van der Waals surface area (Å²) >= 11 is 0. The van der Waals surface area contributed by atoms with Gasteiger partial charge in [0.1, 0.15) is 0 Å². The van der Waals surface area contributed by atoms with Crippen LogP contribution < -0.4 is 0 Å². The van der Waals surface area contributed by atoms with Crippen LogP contribution in [0.3, 0.4) is 0 Å². The van der Waals surface area contributed by atoms with E-state index in [9.17, 15) is 5.11 Å². The molecule has 0 aromatic carbocycles. The zero-order valence-corrected chi connectivity index (χ0v) is 11.9. The molecule has 0 radical (unpaired) electrons. The summed E-state index contributed by atoms with van der Waals surface area (Å²) < 4.78 is 11.5. The van der Waals surface area contributed by atoms with Gasteiger partial charge >= 0.3 is 0 Å². The molecule has 1 heterocycles. The normalized spacial score (nSPS) is 44.0. The summed E-state index contributed by atoms with van der Waals surface area (Å²) in [5.74, 6) is 1.28. The van der Waals surface area contributed by atoms with Crippen molar-refractivity contribution in [3.8, 4) is 0 Å². The predicted octanol–water partition coefficient (Wildman–Crippen LogP) is 2.45. The zero-order valence-electron chi connectivity index (χ0n) is 9.88. The second-order valence-corrected chi connectivity index (χ2v) is 7.94. The van der Waals surface area contributed by atoms with E-state index in [1.807, 2.05) is 6.66 Å². The molecule has 0 bridgehead atoms. The summed E-state index contributed by atoms with van der Waals surface area (Å²) in [6, 6.07) is 0. The third-order valence-electron chi connectivity index (χ3n) is 3.43. The molecule has 1 rings (SSSR count). The third kappa shape index (κ3) is 3.35. The van der Waals surface area contributed by atoms with Crippen LogP contribution in [0.5, 0.6) is 0 Å². The van der Waals surface area contributed by atoms with Gasteiger partial charge in [0, 0.05) is 13.8 Å². The van der Waals surface area contributed by atoms with Gasteiger partial charge in [-0.3, -0.25) is 0 Å². The Kier molecular flexibility index (Phi) is 5.42. The summed E-state index contributed by atoms with van der Waals surface area (Å²) in [5, 5.41) is 9.24. The van der Waals surface area contributed by atoms with Gasteiger partial charge in [-0.1, -0.05) is 29.7 Å². The van der Waals surface area contributed by atoms with Gasteiger partial charge in [-0.2, -0.15) is 0 Å². The number of ether oxygens (including phenoxy) is 1. The van der Waals surface area contributed by atoms with Gasteiger partial charge in [-0.15, -0.1) is 0 Å². The summed E-state index contributed by atoms with van der Waals surface area (Å²) in [4.78, 5) is 0. The number of hydrogen-bond acceptors (Lipinski definition) is 3. The monoisotopic (exact) mass is 252 g/mol. The summed E-state index contributed by atoms with van der Waals surface area (Å²) in [5.41, 5.74) is 0. The molecule has 5 heteroatoms. The van der Waals surface area contributed by atoms with E-state index >= 15 is 0 Å². The molecule has 1 N–H and O–H groups in total. The lowest BCUT2D eigenvalue weighted by Crippen LogP contribution is -2.46. The van der Waals surface area contributed by atoms with Gasteiger partial charge in [0.05, 0.1) is 12.7 Å². The molecule has 7 atom stereocenters. The van der Waals surface area contributed by atoms with Crippen LogP contribution in [0.25, 0.3) is 0 Å². The van der Waals surface area contributed by atoms with Crippen LogP contribution in [0.4, 0.5) is 0 Å². The molecule has 15 heavy (non-hydrogen) atoms. The fourth-order valence-corrected chi connectivity index (χ4v) is 2.91. The van der Waals surface area contributed by atoms with Gasteiger partial charge in [-0.25, -0.2) is 0 Å². The van der Waals surface area contributed by atoms with Crippen molar-refractivity contribution >= 4 is 16.8 Å². The van der Waals surface area contributed by atoms with Crippen LogP contribution in [0.1, 0.15) is 20.8 Å². The van der Waals surface area contributed by atoms with Crippen LogP contribution in [0.15, 0.2) is 0 Å². The Balaban J connectivity index is 2.65. The number of rotatable bonds is 3. The molecule has 3 nitrogen and oxygen atoms in total. The molecule has 1 fully saturated rings. The highest BCUT2D eigenvalue weighted by Crippen LogP contribution is 2.47. The third-order valence-corrected chi connectivity index (χ3v) is 4.34. The first-order chi connectivity index (χ1) is 6.97. The Morgan fingerprint density at radius 3 is 2.33 bits per heavy atom. The average molecular weight is 252 g/mol. The standard InChI is InChI=1S/C10H22O3P2/c1-6-7(2)9(5-11)12-10(8(6)3)13-15(4)14/h6-11H,5,14H2,1-4H3/t6-,7-,8?,9?,10-,15?/m0/s1. The van der Waals surface area contributed by atoms with Gasteiger partial charge in [0.25, 0.3) is 0 Å². The number of hydrogen-bond donors (Lipinski definition) is 1. The van der Waals surface area contributed by atoms with Crippen LogP contribution >= 0.6 is 16.8 Å². The molecule has 0 spiro atoms. The van der Waals surface area contributed by atoms with E-state index in [-0.39, 0.29) is 19.0 Å². The molecule has 1 aliphatic rings. The quantitative estimate of drug-likeness (QED) is 0.784. The van der Waals surface area contributed by atoms with E-state index in [2.05, 4.69) is 29.7 Å². The smallest absolute Gasteiger partial charge is 0.165 e. The van der Waals surface area contributed by atoms with E-state index in [1.165, 1.54) is 0 Å². The molecule has 0 aromatic heterocycles. The minimum absolute atomic E-state index is 0.0799. The van der Waals surface area contributed by atoms with Crippen molar-refractivity contribution < 1.29 is 14.4 Å². The lowest BCUT2D eigenvalue weighted by atomic mass is 9.79. The van der Waals surface area contributed by atoms with Crippen LogP contribution in [0, 0.1) is 17.8 Å². The van der Waals surface area contributed by atoms with E-state index in [4.69, 9.17) is 9.26 Å². The molecule has 0 saturated carbocycles. The van der Waals surface area contributed by atoms with Crippen molar-refractivity contribution in [1.82, 2.24) is 0 Å². The van der Waals surface area contributed by atoms with Gasteiger partial charge in [0.15, 0.2) is 6.29 Å². The van der Waals surface area contributed by atoms with E-state index in [1.54, 1.807) is 0 Å². The van der Waals surface area contributed by atoms with Crippen LogP contribution in [-0.4, -0.2) is 30.8 Å². The highest BCUT2D eigenvalue weighted by atomic mass is 32.0. The second kappa shape index (κ2) is 5.89. The van der Waals surface area contributed by atoms with Gasteiger partial charge in [-0.05, 0) is 18.5 Å². The molecule has 90 valence electrons. The first kappa shape index (κ1) is 13.8. The summed E-state index contributed by atoms with van der Waals surface area (Å²) in [6.07, 6.45) is -0.247. The zero-order chi connectivity index (χ0) is 11.6. The predicted molar refractivity (Wildman–Crippen MR) is 66.9 cm³/mol. The largest absolute Gasteiger partial charge is 0.394 e. The van der Waals surface area contributed by atoms with Gasteiger partial charge in [0.2, 0.25) is 0 Å². The molecule has 4 unspecified atom stereocenters. The molecule has 0 aromatic rings. The van der Waals surface area contributed by atoms with Crippen molar-refractivity contribution in [2.45, 2.75) is 33.2 Å². The topological polar surface area (TPSA) is 38.7 Å². The minimum Gasteiger partial charge on any atom is -0.394 e. The van der Waals surface area contributed by atoms with Crippen molar-refractivity contribution in [1.29, 1.82) is 0 Å². The Morgan fingerprint density at radius 1 is 1.27 bits per heavy atom. The molecular weight excluding hydrogens is 230 g/mol. The SMILES string of the molecule is CC1[C@H](OP(C)P)OC(CO)[C@@H](C)[C@@H]1C. The van der Waals surface area contributed by atoms with E-state index in [0.29, 0.717) is 17.8 Å². The highest BCUT2D eigenvalue weighted by molar-refractivity contribution is 8.10. The van der Waals surface area contributed by atoms with E-state index < -0.39 is 7.84 Å². The fraction of sp³-hybridized carbons (Fsp3) is 1.00. The summed E-state index contributed by atoms with van der Waals surface area (Å²) in [6.45, 7) is 8.61. The number of aliphatic hydroxyl groups is 1. The first-order valence-electron chi connectivity index (χ1n) is 5.38. The van der Waals surface area contributed by atoms with Crippen molar-refractivity contribution in [2.75, 3.05) is 13.3 Å². The van der Waals surface area contributed by atoms with Crippen molar-refractivity contribution in [3.05, 3.63) is 0 Å². The Hall–Kier alpha value is 0.740. The lowest BCUT2D eigenvalue weighted by Gasteiger charge is -2.43. The van der Waals surface area contributed by atoms with Gasteiger partial charge < -0.3 is 14.4 Å². The van der Waals surface area contributed by atoms with Crippen LogP contribution in [-0.2, 0) is 9.26 Å². The average Bonchev–Trinajstić information content (AvgIpc) is 2.18. The fourth-order valence-electron chi connectivity index (χ4n) is 1.98. The van der Waals surface area contributed by atoms with Crippen LogP contribution in [0.2, 0.25) is 0 Å². The Morgan fingerprint density at radius 2 is 1.87 bits per heavy atom. The Labute approximate surface area is 95.9 Å².